The Kier molecular flexibility index (Phi) is 9.42. The summed E-state index contributed by atoms with van der Waals surface area (Å²) in [7, 11) is 0. The Morgan fingerprint density at radius 2 is 1.52 bits per heavy atom. The Hall–Kier alpha value is -3.48. The summed E-state index contributed by atoms with van der Waals surface area (Å²) < 4.78 is 15.8. The van der Waals surface area contributed by atoms with Crippen molar-refractivity contribution in [2.24, 2.45) is 16.1 Å². The van der Waals surface area contributed by atoms with Crippen LogP contribution in [0.4, 0.5) is 11.4 Å². The molecule has 1 atom stereocenters. The SMILES string of the molecule is C=C(C)C(=O)OCCOc1ccc(N=Nc2ccc(C(=O)OCC(C)CC)cc2)cc1. The van der Waals surface area contributed by atoms with E-state index in [-0.39, 0.29) is 19.2 Å². The van der Waals surface area contributed by atoms with Crippen LogP contribution in [-0.2, 0) is 14.3 Å². The number of carbonyl (C=O) groups is 2. The van der Waals surface area contributed by atoms with Crippen molar-refractivity contribution in [2.45, 2.75) is 27.2 Å². The number of hydrogen-bond acceptors (Lipinski definition) is 7. The van der Waals surface area contributed by atoms with Crippen LogP contribution in [0.25, 0.3) is 0 Å². The van der Waals surface area contributed by atoms with Crippen molar-refractivity contribution < 1.29 is 23.8 Å². The number of carbonyl (C=O) groups excluding carboxylic acids is 2. The van der Waals surface area contributed by atoms with Crippen LogP contribution in [0.3, 0.4) is 0 Å². The average Bonchev–Trinajstić information content (AvgIpc) is 2.79. The molecule has 7 nitrogen and oxygen atoms in total. The first-order valence-corrected chi connectivity index (χ1v) is 10.1. The number of rotatable bonds is 11. The lowest BCUT2D eigenvalue weighted by Gasteiger charge is -2.09. The van der Waals surface area contributed by atoms with Crippen LogP contribution in [-0.4, -0.2) is 31.8 Å². The lowest BCUT2D eigenvalue weighted by Crippen LogP contribution is -2.12. The second-order valence-electron chi connectivity index (χ2n) is 7.12. The van der Waals surface area contributed by atoms with Gasteiger partial charge in [-0.2, -0.15) is 10.2 Å². The second kappa shape index (κ2) is 12.3. The Morgan fingerprint density at radius 1 is 0.935 bits per heavy atom. The summed E-state index contributed by atoms with van der Waals surface area (Å²) in [5, 5.41) is 8.35. The van der Waals surface area contributed by atoms with Gasteiger partial charge in [-0.05, 0) is 61.4 Å². The first-order valence-electron chi connectivity index (χ1n) is 10.1. The zero-order valence-corrected chi connectivity index (χ0v) is 18.2. The number of benzene rings is 2. The molecule has 0 saturated carbocycles. The highest BCUT2D eigenvalue weighted by molar-refractivity contribution is 5.89. The Balaban J connectivity index is 1.82. The molecule has 0 aliphatic carbocycles. The van der Waals surface area contributed by atoms with Crippen molar-refractivity contribution in [2.75, 3.05) is 19.8 Å². The van der Waals surface area contributed by atoms with Gasteiger partial charge in [0.1, 0.15) is 19.0 Å². The van der Waals surface area contributed by atoms with E-state index in [1.165, 1.54) is 0 Å². The third-order valence-corrected chi connectivity index (χ3v) is 4.35. The maximum Gasteiger partial charge on any atom is 0.338 e. The van der Waals surface area contributed by atoms with Gasteiger partial charge in [0.25, 0.3) is 0 Å². The van der Waals surface area contributed by atoms with Gasteiger partial charge in [-0.1, -0.05) is 26.8 Å². The van der Waals surface area contributed by atoms with Crippen LogP contribution < -0.4 is 4.74 Å². The molecule has 2 rings (SSSR count). The van der Waals surface area contributed by atoms with Crippen molar-refractivity contribution >= 4 is 23.3 Å². The van der Waals surface area contributed by atoms with Crippen molar-refractivity contribution in [3.63, 3.8) is 0 Å². The molecule has 0 aliphatic rings. The van der Waals surface area contributed by atoms with Crippen molar-refractivity contribution in [3.8, 4) is 5.75 Å². The minimum atomic E-state index is -0.435. The number of ether oxygens (including phenoxy) is 3. The fourth-order valence-corrected chi connectivity index (χ4v) is 2.22. The summed E-state index contributed by atoms with van der Waals surface area (Å²) in [6.07, 6.45) is 0.963. The number of hydrogen-bond donors (Lipinski definition) is 0. The van der Waals surface area contributed by atoms with Crippen LogP contribution in [0, 0.1) is 5.92 Å². The lowest BCUT2D eigenvalue weighted by atomic mass is 10.1. The van der Waals surface area contributed by atoms with E-state index in [1.807, 2.05) is 6.92 Å². The van der Waals surface area contributed by atoms with Gasteiger partial charge in [-0.3, -0.25) is 0 Å². The number of azo groups is 1. The molecule has 1 unspecified atom stereocenters. The molecular weight excluding hydrogens is 396 g/mol. The number of nitrogens with zero attached hydrogens (tertiary/aromatic N) is 2. The maximum atomic E-state index is 12.0. The number of esters is 2. The average molecular weight is 424 g/mol. The van der Waals surface area contributed by atoms with E-state index < -0.39 is 5.97 Å². The molecule has 164 valence electrons. The Morgan fingerprint density at radius 3 is 2.06 bits per heavy atom. The quantitative estimate of drug-likeness (QED) is 0.197. The molecule has 0 fully saturated rings. The molecule has 0 aliphatic heterocycles. The predicted molar refractivity (Wildman–Crippen MR) is 118 cm³/mol. The molecule has 2 aromatic rings. The third kappa shape index (κ3) is 8.42. The molecular formula is C24H28N2O5. The molecule has 7 heteroatoms. The predicted octanol–water partition coefficient (Wildman–Crippen LogP) is 5.80. The molecule has 0 heterocycles. The second-order valence-corrected chi connectivity index (χ2v) is 7.12. The summed E-state index contributed by atoms with van der Waals surface area (Å²) in [5.41, 5.74) is 2.11. The summed E-state index contributed by atoms with van der Waals surface area (Å²) in [5.74, 6) is 0.197. The van der Waals surface area contributed by atoms with Crippen molar-refractivity contribution in [3.05, 3.63) is 66.2 Å². The van der Waals surface area contributed by atoms with Crippen LogP contribution in [0.15, 0.2) is 70.9 Å². The Labute approximate surface area is 182 Å². The topological polar surface area (TPSA) is 86.5 Å². The van der Waals surface area contributed by atoms with E-state index in [1.54, 1.807) is 55.5 Å². The molecule has 0 radical (unpaired) electrons. The molecule has 31 heavy (non-hydrogen) atoms. The summed E-state index contributed by atoms with van der Waals surface area (Å²) in [6, 6.07) is 13.8. The highest BCUT2D eigenvalue weighted by atomic mass is 16.6. The monoisotopic (exact) mass is 424 g/mol. The van der Waals surface area contributed by atoms with E-state index in [9.17, 15) is 9.59 Å². The summed E-state index contributed by atoms with van der Waals surface area (Å²) in [4.78, 5) is 23.3. The van der Waals surface area contributed by atoms with Crippen molar-refractivity contribution in [1.29, 1.82) is 0 Å². The summed E-state index contributed by atoms with van der Waals surface area (Å²) in [6.45, 7) is 10.0. The van der Waals surface area contributed by atoms with Gasteiger partial charge in [0, 0.05) is 5.57 Å². The largest absolute Gasteiger partial charge is 0.490 e. The van der Waals surface area contributed by atoms with Gasteiger partial charge in [-0.15, -0.1) is 0 Å². The van der Waals surface area contributed by atoms with Gasteiger partial charge >= 0.3 is 11.9 Å². The van der Waals surface area contributed by atoms with E-state index in [0.717, 1.165) is 6.42 Å². The van der Waals surface area contributed by atoms with E-state index >= 15 is 0 Å². The molecule has 0 spiro atoms. The van der Waals surface area contributed by atoms with E-state index in [2.05, 4.69) is 23.7 Å². The van der Waals surface area contributed by atoms with Gasteiger partial charge < -0.3 is 14.2 Å². The standard InChI is InChI=1S/C24H28N2O5/c1-5-18(4)16-31-24(28)19-6-8-20(9-7-19)25-26-21-10-12-22(13-11-21)29-14-15-30-23(27)17(2)3/h6-13,18H,2,5,14-16H2,1,3-4H3. The summed E-state index contributed by atoms with van der Waals surface area (Å²) >= 11 is 0. The van der Waals surface area contributed by atoms with Crippen LogP contribution in [0.1, 0.15) is 37.6 Å². The molecule has 0 N–H and O–H groups in total. The minimum Gasteiger partial charge on any atom is -0.490 e. The highest BCUT2D eigenvalue weighted by Crippen LogP contribution is 2.22. The molecule has 0 saturated heterocycles. The van der Waals surface area contributed by atoms with Gasteiger partial charge in [0.15, 0.2) is 0 Å². The minimum absolute atomic E-state index is 0.147. The highest BCUT2D eigenvalue weighted by Gasteiger charge is 2.09. The Bertz CT molecular complexity index is 905. The fourth-order valence-electron chi connectivity index (χ4n) is 2.22. The molecule has 2 aromatic carbocycles. The normalized spacial score (nSPS) is 11.7. The lowest BCUT2D eigenvalue weighted by molar-refractivity contribution is -0.139. The third-order valence-electron chi connectivity index (χ3n) is 4.35. The molecule has 0 amide bonds. The van der Waals surface area contributed by atoms with Crippen LogP contribution >= 0.6 is 0 Å². The first kappa shape index (κ1) is 23.8. The maximum absolute atomic E-state index is 12.0. The van der Waals surface area contributed by atoms with Crippen LogP contribution in [0.5, 0.6) is 5.75 Å². The molecule has 0 bridgehead atoms. The smallest absolute Gasteiger partial charge is 0.338 e. The zero-order valence-electron chi connectivity index (χ0n) is 18.2. The molecule has 0 aromatic heterocycles. The fraction of sp³-hybridized carbons (Fsp3) is 0.333. The van der Waals surface area contributed by atoms with Gasteiger partial charge in [0.2, 0.25) is 0 Å². The zero-order chi connectivity index (χ0) is 22.6. The van der Waals surface area contributed by atoms with Gasteiger partial charge in [0.05, 0.1) is 23.5 Å². The van der Waals surface area contributed by atoms with E-state index in [0.29, 0.717) is 40.8 Å². The first-order chi connectivity index (χ1) is 14.9. The van der Waals surface area contributed by atoms with Gasteiger partial charge in [-0.25, -0.2) is 9.59 Å². The van der Waals surface area contributed by atoms with Crippen LogP contribution in [0.2, 0.25) is 0 Å². The van der Waals surface area contributed by atoms with E-state index in [4.69, 9.17) is 14.2 Å². The van der Waals surface area contributed by atoms with Crippen molar-refractivity contribution in [1.82, 2.24) is 0 Å².